The van der Waals surface area contributed by atoms with Crippen LogP contribution in [0, 0.1) is 5.92 Å². The van der Waals surface area contributed by atoms with E-state index < -0.39 is 17.7 Å². The molecule has 0 spiro atoms. The van der Waals surface area contributed by atoms with Crippen molar-refractivity contribution in [1.29, 1.82) is 0 Å². The van der Waals surface area contributed by atoms with Gasteiger partial charge in [0.25, 0.3) is 0 Å². The third kappa shape index (κ3) is 2.93. The lowest BCUT2D eigenvalue weighted by atomic mass is 10.1. The zero-order valence-electron chi connectivity index (χ0n) is 11.7. The van der Waals surface area contributed by atoms with Crippen molar-refractivity contribution in [1.82, 2.24) is 5.32 Å². The molecule has 2 aliphatic rings. The molecular weight excluding hydrogens is 297 g/mol. The van der Waals surface area contributed by atoms with Gasteiger partial charge in [-0.1, -0.05) is 0 Å². The summed E-state index contributed by atoms with van der Waals surface area (Å²) in [4.78, 5) is 25.6. The van der Waals surface area contributed by atoms with Crippen LogP contribution in [0.1, 0.15) is 24.8 Å². The highest BCUT2D eigenvalue weighted by atomic mass is 19.4. The van der Waals surface area contributed by atoms with Crippen molar-refractivity contribution < 1.29 is 22.8 Å². The minimum atomic E-state index is -4.40. The molecule has 4 nitrogen and oxygen atoms in total. The van der Waals surface area contributed by atoms with E-state index in [4.69, 9.17) is 0 Å². The molecule has 1 heterocycles. The highest BCUT2D eigenvalue weighted by Gasteiger charge is 2.39. The van der Waals surface area contributed by atoms with Gasteiger partial charge in [0.05, 0.1) is 5.56 Å². The van der Waals surface area contributed by atoms with Gasteiger partial charge in [-0.2, -0.15) is 13.2 Å². The van der Waals surface area contributed by atoms with E-state index in [1.165, 1.54) is 17.0 Å². The third-order valence-corrected chi connectivity index (χ3v) is 3.95. The number of hydrogen-bond acceptors (Lipinski definition) is 2. The number of anilines is 1. The minimum Gasteiger partial charge on any atom is -0.353 e. The van der Waals surface area contributed by atoms with Crippen LogP contribution in [-0.2, 0) is 15.8 Å². The fourth-order valence-corrected chi connectivity index (χ4v) is 2.54. The summed E-state index contributed by atoms with van der Waals surface area (Å²) in [5, 5.41) is 2.79. The molecule has 7 heteroatoms. The average Bonchev–Trinajstić information content (AvgIpc) is 3.18. The Hall–Kier alpha value is -2.05. The zero-order chi connectivity index (χ0) is 15.9. The second-order valence-corrected chi connectivity index (χ2v) is 5.66. The number of nitrogens with zero attached hydrogens (tertiary/aromatic N) is 1. The molecule has 1 aliphatic heterocycles. The Morgan fingerprint density at radius 1 is 1.14 bits per heavy atom. The molecule has 3 rings (SSSR count). The summed E-state index contributed by atoms with van der Waals surface area (Å²) in [5.74, 6) is -1.36. The predicted octanol–water partition coefficient (Wildman–Crippen LogP) is 2.34. The van der Waals surface area contributed by atoms with Gasteiger partial charge in [0, 0.05) is 18.3 Å². The Morgan fingerprint density at radius 3 is 2.32 bits per heavy atom. The molecule has 2 fully saturated rings. The summed E-state index contributed by atoms with van der Waals surface area (Å²) in [6.45, 7) is 0.340. The number of benzene rings is 1. The molecule has 1 saturated heterocycles. The Labute approximate surface area is 125 Å². The van der Waals surface area contributed by atoms with Gasteiger partial charge in [0.1, 0.15) is 5.92 Å². The Morgan fingerprint density at radius 2 is 1.77 bits per heavy atom. The molecular formula is C15H15F3N2O2. The second-order valence-electron chi connectivity index (χ2n) is 5.66. The van der Waals surface area contributed by atoms with Gasteiger partial charge in [-0.25, -0.2) is 0 Å². The molecule has 1 N–H and O–H groups in total. The highest BCUT2D eigenvalue weighted by Crippen LogP contribution is 2.32. The van der Waals surface area contributed by atoms with E-state index in [-0.39, 0.29) is 17.9 Å². The number of rotatable bonds is 3. The maximum Gasteiger partial charge on any atom is 0.416 e. The lowest BCUT2D eigenvalue weighted by Gasteiger charge is -2.17. The van der Waals surface area contributed by atoms with Gasteiger partial charge >= 0.3 is 6.18 Å². The first-order chi connectivity index (χ1) is 10.4. The Bertz CT molecular complexity index is 594. The van der Waals surface area contributed by atoms with Crippen molar-refractivity contribution in [2.75, 3.05) is 11.4 Å². The first-order valence-corrected chi connectivity index (χ1v) is 7.15. The zero-order valence-corrected chi connectivity index (χ0v) is 11.7. The van der Waals surface area contributed by atoms with Gasteiger partial charge in [0.15, 0.2) is 0 Å². The third-order valence-electron chi connectivity index (χ3n) is 3.95. The normalized spacial score (nSPS) is 22.0. The number of amides is 2. The lowest BCUT2D eigenvalue weighted by molar-refractivity contribution is -0.137. The van der Waals surface area contributed by atoms with Crippen LogP contribution in [-0.4, -0.2) is 24.4 Å². The van der Waals surface area contributed by atoms with Crippen LogP contribution < -0.4 is 10.2 Å². The van der Waals surface area contributed by atoms with E-state index in [0.29, 0.717) is 18.7 Å². The van der Waals surface area contributed by atoms with E-state index in [0.717, 1.165) is 25.0 Å². The van der Waals surface area contributed by atoms with Crippen LogP contribution >= 0.6 is 0 Å². The minimum absolute atomic E-state index is 0.181. The lowest BCUT2D eigenvalue weighted by Crippen LogP contribution is -2.37. The van der Waals surface area contributed by atoms with Crippen molar-refractivity contribution in [3.05, 3.63) is 29.8 Å². The van der Waals surface area contributed by atoms with E-state index in [1.54, 1.807) is 0 Å². The summed E-state index contributed by atoms with van der Waals surface area (Å²) in [5.41, 5.74) is -0.370. The van der Waals surface area contributed by atoms with E-state index >= 15 is 0 Å². The van der Waals surface area contributed by atoms with Gasteiger partial charge in [-0.05, 0) is 43.5 Å². The summed E-state index contributed by atoms with van der Waals surface area (Å²) in [6, 6.07) is 4.60. The van der Waals surface area contributed by atoms with Gasteiger partial charge in [-0.3, -0.25) is 9.59 Å². The predicted molar refractivity (Wildman–Crippen MR) is 73.1 cm³/mol. The van der Waals surface area contributed by atoms with Crippen molar-refractivity contribution in [3.8, 4) is 0 Å². The Balaban J connectivity index is 1.70. The maximum atomic E-state index is 12.5. The summed E-state index contributed by atoms with van der Waals surface area (Å²) < 4.78 is 37.6. The van der Waals surface area contributed by atoms with E-state index in [2.05, 4.69) is 5.32 Å². The molecule has 1 atom stereocenters. The quantitative estimate of drug-likeness (QED) is 0.871. The number of halogens is 3. The van der Waals surface area contributed by atoms with Crippen LogP contribution in [0.5, 0.6) is 0 Å². The van der Waals surface area contributed by atoms with Crippen LogP contribution in [0.15, 0.2) is 24.3 Å². The fourth-order valence-electron chi connectivity index (χ4n) is 2.54. The van der Waals surface area contributed by atoms with Gasteiger partial charge in [-0.15, -0.1) is 0 Å². The first-order valence-electron chi connectivity index (χ1n) is 7.15. The molecule has 118 valence electrons. The van der Waals surface area contributed by atoms with Crippen LogP contribution in [0.25, 0.3) is 0 Å². The molecule has 1 aromatic carbocycles. The molecule has 0 radical (unpaired) electrons. The molecule has 0 aromatic heterocycles. The summed E-state index contributed by atoms with van der Waals surface area (Å²) in [7, 11) is 0. The number of hydrogen-bond donors (Lipinski definition) is 1. The van der Waals surface area contributed by atoms with Crippen molar-refractivity contribution >= 4 is 17.5 Å². The first kappa shape index (κ1) is 14.9. The molecule has 22 heavy (non-hydrogen) atoms. The topological polar surface area (TPSA) is 49.4 Å². The van der Waals surface area contributed by atoms with Crippen LogP contribution in [0.3, 0.4) is 0 Å². The largest absolute Gasteiger partial charge is 0.416 e. The average molecular weight is 312 g/mol. The maximum absolute atomic E-state index is 12.5. The fraction of sp³-hybridized carbons (Fsp3) is 0.467. The summed E-state index contributed by atoms with van der Waals surface area (Å²) >= 11 is 0. The smallest absolute Gasteiger partial charge is 0.353 e. The van der Waals surface area contributed by atoms with Crippen molar-refractivity contribution in [2.45, 2.75) is 31.5 Å². The van der Waals surface area contributed by atoms with Gasteiger partial charge in [0.2, 0.25) is 11.8 Å². The van der Waals surface area contributed by atoms with Crippen LogP contribution in [0.4, 0.5) is 18.9 Å². The van der Waals surface area contributed by atoms with Gasteiger partial charge < -0.3 is 10.2 Å². The number of carbonyl (C=O) groups excluding carboxylic acids is 2. The Kier molecular flexibility index (Phi) is 3.58. The molecule has 1 aliphatic carbocycles. The highest BCUT2D eigenvalue weighted by molar-refractivity contribution is 6.09. The SMILES string of the molecule is O=C(NC1CC1)[C@@H]1CCN(c2ccc(C(F)(F)F)cc2)C1=O. The molecule has 1 aromatic rings. The summed E-state index contributed by atoms with van der Waals surface area (Å²) in [6.07, 6.45) is -2.14. The van der Waals surface area contributed by atoms with E-state index in [9.17, 15) is 22.8 Å². The standard InChI is InChI=1S/C15H15F3N2O2/c16-15(17,18)9-1-5-11(6-2-9)20-8-7-12(14(20)22)13(21)19-10-3-4-10/h1-2,5-6,10,12H,3-4,7-8H2,(H,19,21)/t12-/m0/s1. The van der Waals surface area contributed by atoms with Crippen molar-refractivity contribution in [2.24, 2.45) is 5.92 Å². The molecule has 1 saturated carbocycles. The number of carbonyl (C=O) groups is 2. The van der Waals surface area contributed by atoms with Crippen molar-refractivity contribution in [3.63, 3.8) is 0 Å². The van der Waals surface area contributed by atoms with Crippen LogP contribution in [0.2, 0.25) is 0 Å². The molecule has 2 amide bonds. The van der Waals surface area contributed by atoms with E-state index in [1.807, 2.05) is 0 Å². The molecule has 0 bridgehead atoms. The second kappa shape index (κ2) is 5.30. The molecule has 0 unspecified atom stereocenters. The monoisotopic (exact) mass is 312 g/mol. The number of alkyl halides is 3. The number of nitrogens with one attached hydrogen (secondary N) is 1.